The van der Waals surface area contributed by atoms with E-state index >= 15 is 0 Å². The zero-order valence-electron chi connectivity index (χ0n) is 22.8. The van der Waals surface area contributed by atoms with Crippen LogP contribution in [0.1, 0.15) is 61.3 Å². The maximum Gasteiger partial charge on any atom is 0.336 e. The summed E-state index contributed by atoms with van der Waals surface area (Å²) in [7, 11) is 0. The van der Waals surface area contributed by atoms with Crippen LogP contribution in [0.15, 0.2) is 11.1 Å². The molecule has 0 aromatic carbocycles. The maximum atomic E-state index is 14.2. The largest absolute Gasteiger partial charge is 0.456 e. The summed E-state index contributed by atoms with van der Waals surface area (Å²) in [5, 5.41) is 53.2. The third-order valence-corrected chi connectivity index (χ3v) is 10.4. The minimum absolute atomic E-state index is 0. The van der Waals surface area contributed by atoms with Gasteiger partial charge in [-0.3, -0.25) is 4.79 Å². The fourth-order valence-corrected chi connectivity index (χ4v) is 8.13. The summed E-state index contributed by atoms with van der Waals surface area (Å²) in [5.74, 6) is -4.08. The summed E-state index contributed by atoms with van der Waals surface area (Å²) in [6.45, 7) is 12.3. The van der Waals surface area contributed by atoms with E-state index in [4.69, 9.17) is 14.9 Å². The quantitative estimate of drug-likeness (QED) is 0.165. The fraction of sp³-hybridized carbons (Fsp3) is 0.815. The number of hydrogen-bond acceptors (Lipinski definition) is 9. The molecule has 0 spiro atoms. The molecule has 2 saturated carbocycles. The zero-order valence-corrected chi connectivity index (χ0v) is 27.6. The van der Waals surface area contributed by atoms with Crippen molar-refractivity contribution in [3.63, 3.8) is 0 Å². The van der Waals surface area contributed by atoms with Crippen LogP contribution in [0.25, 0.3) is 0 Å². The van der Waals surface area contributed by atoms with Gasteiger partial charge in [-0.2, -0.15) is 0 Å². The van der Waals surface area contributed by atoms with E-state index in [-0.39, 0.29) is 69.3 Å². The molecule has 37 heavy (non-hydrogen) atoms. The van der Waals surface area contributed by atoms with Crippen LogP contribution in [0.5, 0.6) is 0 Å². The van der Waals surface area contributed by atoms with Crippen molar-refractivity contribution in [2.45, 2.75) is 96.9 Å². The Labute approximate surface area is 254 Å². The summed E-state index contributed by atoms with van der Waals surface area (Å²) in [5.41, 5.74) is -3.87. The Hall–Kier alpha value is -0.208. The smallest absolute Gasteiger partial charge is 0.336 e. The number of carbonyl (C=O) groups excluding carboxylic acids is 2. The molecule has 0 amide bonds. The van der Waals surface area contributed by atoms with E-state index in [0.29, 0.717) is 11.1 Å². The number of nitrogens with one attached hydrogen (secondary N) is 1. The Balaban J connectivity index is 0.00000380. The van der Waals surface area contributed by atoms with Gasteiger partial charge in [0, 0.05) is 86.3 Å². The van der Waals surface area contributed by atoms with Crippen LogP contribution in [0.2, 0.25) is 0 Å². The third-order valence-electron chi connectivity index (χ3n) is 10.4. The van der Waals surface area contributed by atoms with Crippen LogP contribution in [0.4, 0.5) is 0 Å². The van der Waals surface area contributed by atoms with Crippen LogP contribution in [0.3, 0.4) is 0 Å². The molecule has 1 aliphatic heterocycles. The van der Waals surface area contributed by atoms with Gasteiger partial charge in [0.05, 0.1) is 29.8 Å². The van der Waals surface area contributed by atoms with Crippen molar-refractivity contribution in [1.29, 1.82) is 5.41 Å². The van der Waals surface area contributed by atoms with Gasteiger partial charge in [0.25, 0.3) is 0 Å². The topological polar surface area (TPSA) is 157 Å². The Morgan fingerprint density at radius 2 is 1.84 bits per heavy atom. The summed E-state index contributed by atoms with van der Waals surface area (Å²) in [4.78, 5) is 27.0. The van der Waals surface area contributed by atoms with Crippen LogP contribution in [-0.2, 0) is 19.1 Å². The summed E-state index contributed by atoms with van der Waals surface area (Å²) >= 11 is 0. The molecule has 10 heteroatoms. The van der Waals surface area contributed by atoms with E-state index in [1.807, 2.05) is 13.8 Å². The monoisotopic (exact) mass is 734 g/mol. The van der Waals surface area contributed by atoms with E-state index in [1.165, 1.54) is 6.92 Å². The van der Waals surface area contributed by atoms with Gasteiger partial charge in [0.2, 0.25) is 0 Å². The van der Waals surface area contributed by atoms with E-state index in [9.17, 15) is 30.0 Å². The van der Waals surface area contributed by atoms with Crippen molar-refractivity contribution < 1.29 is 83.6 Å². The molecule has 3 aliphatic carbocycles. The van der Waals surface area contributed by atoms with Gasteiger partial charge in [-0.15, -0.1) is 0 Å². The SMILES string of the molecule is CC1=C2[C@@H](C)C(=O)[C@]3(C)C(O)CC4OC[C@@]4(O)C3[C@H](C)C(O)(CC1OC(=O)C(O)C(C)C=N)C2(C)C.[Ac]. The number of fused-ring (bicyclic) bond motifs is 5. The van der Waals surface area contributed by atoms with Gasteiger partial charge in [0.15, 0.2) is 6.10 Å². The molecule has 0 aromatic rings. The number of rotatable bonds is 4. The summed E-state index contributed by atoms with van der Waals surface area (Å²) in [6.07, 6.45) is -3.02. The van der Waals surface area contributed by atoms with Crippen molar-refractivity contribution in [1.82, 2.24) is 0 Å². The first-order chi connectivity index (χ1) is 16.5. The second-order valence-corrected chi connectivity index (χ2v) is 12.4. The fourth-order valence-electron chi connectivity index (χ4n) is 8.13. The van der Waals surface area contributed by atoms with Crippen molar-refractivity contribution in [3.05, 3.63) is 11.1 Å². The Morgan fingerprint density at radius 3 is 2.35 bits per heavy atom. The molecule has 4 aliphatic rings. The Kier molecular flexibility index (Phi) is 8.47. The van der Waals surface area contributed by atoms with Gasteiger partial charge >= 0.3 is 5.97 Å². The third kappa shape index (κ3) is 4.10. The zero-order chi connectivity index (χ0) is 27.2. The van der Waals surface area contributed by atoms with Crippen molar-refractivity contribution in [2.75, 3.05) is 6.61 Å². The number of ether oxygens (including phenoxy) is 2. The standard InChI is InChI=1S/C27H41NO8.Ac/c1-12(10-28)20(30)23(32)36-16-9-27(34)15(4)21-25(7,17(29)8-18-26(21,33)11-35-18)22(31)14(3)19(13(16)2)24(27,5)6;/h10,12,14-18,20-21,28-30,33-34H,8-9,11H2,1-7H3;/t12?,14-,15+,16?,17?,18?,20?,21?,25-,26+,27?;/m1./s1. The number of aliphatic hydroxyl groups excluding tert-OH is 2. The van der Waals surface area contributed by atoms with Gasteiger partial charge in [-0.1, -0.05) is 34.6 Å². The van der Waals surface area contributed by atoms with Crippen LogP contribution in [0, 0.1) is 84.0 Å². The molecular formula is C27H41AcNO8. The van der Waals surface area contributed by atoms with E-state index in [0.717, 1.165) is 6.21 Å². The number of carbonyl (C=O) groups is 2. The van der Waals surface area contributed by atoms with Crippen molar-refractivity contribution in [2.24, 2.45) is 34.5 Å². The molecule has 5 N–H and O–H groups in total. The molecular weight excluding hydrogens is 693 g/mol. The Bertz CT molecular complexity index is 1010. The molecule has 1 radical (unpaired) electrons. The molecule has 11 atom stereocenters. The minimum Gasteiger partial charge on any atom is -0.456 e. The number of esters is 1. The first-order valence-electron chi connectivity index (χ1n) is 12.9. The predicted molar refractivity (Wildman–Crippen MR) is 130 cm³/mol. The first kappa shape index (κ1) is 31.3. The van der Waals surface area contributed by atoms with Crippen LogP contribution in [-0.4, -0.2) is 80.6 Å². The number of aliphatic hydroxyl groups is 4. The van der Waals surface area contributed by atoms with Gasteiger partial charge < -0.3 is 35.3 Å². The molecule has 7 unspecified atom stereocenters. The summed E-state index contributed by atoms with van der Waals surface area (Å²) < 4.78 is 11.3. The van der Waals surface area contributed by atoms with Gasteiger partial charge in [0.1, 0.15) is 17.5 Å². The predicted octanol–water partition coefficient (Wildman–Crippen LogP) is 1.39. The maximum absolute atomic E-state index is 14.2. The first-order valence-corrected chi connectivity index (χ1v) is 12.9. The number of hydrogen-bond donors (Lipinski definition) is 5. The summed E-state index contributed by atoms with van der Waals surface area (Å²) in [6, 6.07) is 0. The molecule has 4 rings (SSSR count). The van der Waals surface area contributed by atoms with Crippen LogP contribution < -0.4 is 0 Å². The minimum atomic E-state index is -1.53. The van der Waals surface area contributed by atoms with E-state index in [2.05, 4.69) is 0 Å². The number of ketones is 1. The second kappa shape index (κ2) is 10.0. The van der Waals surface area contributed by atoms with E-state index in [1.54, 1.807) is 27.7 Å². The Morgan fingerprint density at radius 1 is 1.24 bits per heavy atom. The van der Waals surface area contributed by atoms with Gasteiger partial charge in [-0.25, -0.2) is 4.79 Å². The molecule has 9 nitrogen and oxygen atoms in total. The number of Topliss-reactive ketones (excluding diaryl/α,β-unsaturated/α-hetero) is 1. The van der Waals surface area contributed by atoms with Crippen molar-refractivity contribution >= 4 is 18.0 Å². The average Bonchev–Trinajstić information content (AvgIpc) is 2.81. The average molecular weight is 735 g/mol. The molecule has 3 fully saturated rings. The van der Waals surface area contributed by atoms with E-state index < -0.39 is 76.1 Å². The normalized spacial score (nSPS) is 46.1. The molecule has 1 saturated heterocycles. The second-order valence-electron chi connectivity index (χ2n) is 12.4. The molecule has 205 valence electrons. The molecule has 1 heterocycles. The molecule has 0 aromatic heterocycles. The van der Waals surface area contributed by atoms with Crippen molar-refractivity contribution in [3.8, 4) is 0 Å². The molecule has 2 bridgehead atoms. The van der Waals surface area contributed by atoms with Gasteiger partial charge in [-0.05, 0) is 30.9 Å². The van der Waals surface area contributed by atoms with Crippen LogP contribution >= 0.6 is 0 Å².